The summed E-state index contributed by atoms with van der Waals surface area (Å²) in [6, 6.07) is 12.2. The average molecular weight is 411 g/mol. The largest absolute Gasteiger partial charge is 0.297 e. The Hall–Kier alpha value is -2.57. The molecule has 0 N–H and O–H groups in total. The van der Waals surface area contributed by atoms with E-state index in [9.17, 15) is 10.1 Å². The second-order valence-corrected chi connectivity index (χ2v) is 8.43. The van der Waals surface area contributed by atoms with Crippen molar-refractivity contribution in [1.82, 2.24) is 25.2 Å². The Kier molecular flexibility index (Phi) is 5.78. The second-order valence-electron chi connectivity index (χ2n) is 6.60. The summed E-state index contributed by atoms with van der Waals surface area (Å²) in [4.78, 5) is 17.2. The van der Waals surface area contributed by atoms with Crippen LogP contribution in [0.1, 0.15) is 42.7 Å². The average Bonchev–Trinajstić information content (AvgIpc) is 3.48. The Balaban J connectivity index is 1.43. The van der Waals surface area contributed by atoms with Gasteiger partial charge in [0.1, 0.15) is 5.01 Å². The van der Waals surface area contributed by atoms with Crippen LogP contribution in [0.2, 0.25) is 0 Å². The number of ketones is 1. The number of thiazole rings is 1. The lowest BCUT2D eigenvalue weighted by Gasteiger charge is -2.10. The minimum Gasteiger partial charge on any atom is -0.297 e. The van der Waals surface area contributed by atoms with Gasteiger partial charge in [-0.15, -0.1) is 16.4 Å². The topological polar surface area (TPSA) is 97.4 Å². The lowest BCUT2D eigenvalue weighted by Crippen LogP contribution is -2.14. The Morgan fingerprint density at radius 2 is 2.11 bits per heavy atom. The highest BCUT2D eigenvalue weighted by atomic mass is 32.2. The molecule has 28 heavy (non-hydrogen) atoms. The summed E-state index contributed by atoms with van der Waals surface area (Å²) in [6.07, 6.45) is 4.49. The fourth-order valence-corrected chi connectivity index (χ4v) is 5.05. The molecule has 3 aromatic rings. The van der Waals surface area contributed by atoms with Gasteiger partial charge in [0.25, 0.3) is 0 Å². The first-order chi connectivity index (χ1) is 13.8. The van der Waals surface area contributed by atoms with Gasteiger partial charge in [-0.3, -0.25) is 4.79 Å². The third-order valence-electron chi connectivity index (χ3n) is 4.77. The van der Waals surface area contributed by atoms with E-state index >= 15 is 0 Å². The molecular weight excluding hydrogens is 392 g/mol. The number of nitriles is 1. The van der Waals surface area contributed by atoms with Gasteiger partial charge in [0, 0.05) is 10.9 Å². The number of rotatable bonds is 7. The summed E-state index contributed by atoms with van der Waals surface area (Å²) in [5.74, 6) is -0.904. The fourth-order valence-electron chi connectivity index (χ4n) is 3.30. The molecule has 1 aromatic carbocycles. The number of Topliss-reactive ketones (excluding diaryl/α,β-unsaturated/α-hetero) is 1. The van der Waals surface area contributed by atoms with Gasteiger partial charge in [0.05, 0.1) is 23.6 Å². The molecule has 1 saturated carbocycles. The van der Waals surface area contributed by atoms with E-state index in [0.717, 1.165) is 24.1 Å². The van der Waals surface area contributed by atoms with Crippen LogP contribution < -0.4 is 0 Å². The fraction of sp³-hybridized carbons (Fsp3) is 0.368. The smallest absolute Gasteiger partial charge is 0.210 e. The number of hydrogen-bond donors (Lipinski definition) is 0. The van der Waals surface area contributed by atoms with Crippen molar-refractivity contribution in [2.45, 2.75) is 42.8 Å². The van der Waals surface area contributed by atoms with Gasteiger partial charge in [0.2, 0.25) is 5.16 Å². The van der Waals surface area contributed by atoms with Crippen LogP contribution in [0.3, 0.4) is 0 Å². The van der Waals surface area contributed by atoms with Crippen molar-refractivity contribution in [2.24, 2.45) is 0 Å². The molecule has 9 heteroatoms. The summed E-state index contributed by atoms with van der Waals surface area (Å²) in [5.41, 5.74) is 1.76. The van der Waals surface area contributed by atoms with E-state index in [1.807, 2.05) is 40.4 Å². The van der Waals surface area contributed by atoms with E-state index in [2.05, 4.69) is 26.6 Å². The first-order valence-corrected chi connectivity index (χ1v) is 11.0. The molecule has 0 spiro atoms. The quantitative estimate of drug-likeness (QED) is 0.545. The summed E-state index contributed by atoms with van der Waals surface area (Å²) >= 11 is 2.64. The summed E-state index contributed by atoms with van der Waals surface area (Å²) in [6.45, 7) is 0. The van der Waals surface area contributed by atoms with E-state index in [1.54, 1.807) is 0 Å². The first-order valence-electron chi connectivity index (χ1n) is 9.10. The summed E-state index contributed by atoms with van der Waals surface area (Å²) < 4.78 is 1.82. The molecule has 0 bridgehead atoms. The normalized spacial score (nSPS) is 15.4. The zero-order valence-electron chi connectivity index (χ0n) is 15.1. The van der Waals surface area contributed by atoms with E-state index in [-0.39, 0.29) is 11.5 Å². The summed E-state index contributed by atoms with van der Waals surface area (Å²) in [5, 5.41) is 24.5. The predicted octanol–water partition coefficient (Wildman–Crippen LogP) is 3.88. The number of nitrogens with zero attached hydrogens (tertiary/aromatic N) is 6. The lowest BCUT2D eigenvalue weighted by atomic mass is 10.1. The second kappa shape index (κ2) is 8.63. The van der Waals surface area contributed by atoms with Crippen LogP contribution in [-0.4, -0.2) is 36.7 Å². The number of carbonyl (C=O) groups excluding carboxylic acids is 1. The van der Waals surface area contributed by atoms with E-state index in [1.165, 1.54) is 35.9 Å². The number of tetrazole rings is 1. The van der Waals surface area contributed by atoms with Crippen molar-refractivity contribution >= 4 is 28.9 Å². The maximum absolute atomic E-state index is 12.7. The molecule has 1 aliphatic carbocycles. The Bertz CT molecular complexity index is 987. The molecule has 1 atom stereocenters. The molecule has 142 valence electrons. The molecule has 0 saturated heterocycles. The standard InChI is InChI=1S/C19H18N6OS2/c20-10-15(18-21-16(11-27-18)13-6-2-1-3-7-13)17(26)12-28-19-22-23-24-25(19)14-8-4-5-9-14/h1-3,6-7,11,14-15H,4-5,8-9,12H2. The third-order valence-corrected chi connectivity index (χ3v) is 6.63. The zero-order chi connectivity index (χ0) is 19.3. The van der Waals surface area contributed by atoms with Crippen LogP contribution in [0.15, 0.2) is 40.9 Å². The van der Waals surface area contributed by atoms with Gasteiger partial charge >= 0.3 is 0 Å². The molecule has 2 aromatic heterocycles. The minimum atomic E-state index is -0.870. The summed E-state index contributed by atoms with van der Waals surface area (Å²) in [7, 11) is 0. The third kappa shape index (κ3) is 3.98. The van der Waals surface area contributed by atoms with E-state index in [4.69, 9.17) is 0 Å². The van der Waals surface area contributed by atoms with Crippen LogP contribution in [0, 0.1) is 11.3 Å². The zero-order valence-corrected chi connectivity index (χ0v) is 16.7. The van der Waals surface area contributed by atoms with Gasteiger partial charge in [-0.2, -0.15) is 5.26 Å². The molecular formula is C19H18N6OS2. The van der Waals surface area contributed by atoms with Crippen molar-refractivity contribution in [1.29, 1.82) is 5.26 Å². The van der Waals surface area contributed by atoms with Crippen molar-refractivity contribution < 1.29 is 4.79 Å². The molecule has 7 nitrogen and oxygen atoms in total. The van der Waals surface area contributed by atoms with E-state index in [0.29, 0.717) is 16.2 Å². The van der Waals surface area contributed by atoms with Gasteiger partial charge < -0.3 is 0 Å². The van der Waals surface area contributed by atoms with Crippen LogP contribution in [0.25, 0.3) is 11.3 Å². The van der Waals surface area contributed by atoms with Crippen LogP contribution in [0.5, 0.6) is 0 Å². The van der Waals surface area contributed by atoms with Gasteiger partial charge in [0.15, 0.2) is 11.7 Å². The van der Waals surface area contributed by atoms with E-state index < -0.39 is 5.92 Å². The Labute approximate surface area is 170 Å². The number of aromatic nitrogens is 5. The van der Waals surface area contributed by atoms with Gasteiger partial charge in [-0.25, -0.2) is 9.67 Å². The molecule has 0 amide bonds. The highest BCUT2D eigenvalue weighted by molar-refractivity contribution is 7.99. The molecule has 2 heterocycles. The lowest BCUT2D eigenvalue weighted by molar-refractivity contribution is -0.116. The molecule has 0 radical (unpaired) electrons. The molecule has 1 fully saturated rings. The number of carbonyl (C=O) groups is 1. The maximum Gasteiger partial charge on any atom is 0.210 e. The van der Waals surface area contributed by atoms with Crippen LogP contribution in [-0.2, 0) is 4.79 Å². The minimum absolute atomic E-state index is 0.144. The maximum atomic E-state index is 12.7. The highest BCUT2D eigenvalue weighted by Crippen LogP contribution is 2.32. The number of thioether (sulfide) groups is 1. The van der Waals surface area contributed by atoms with Crippen LogP contribution in [0.4, 0.5) is 0 Å². The molecule has 1 aliphatic rings. The monoisotopic (exact) mass is 410 g/mol. The van der Waals surface area contributed by atoms with Crippen LogP contribution >= 0.6 is 23.1 Å². The molecule has 0 aliphatic heterocycles. The Morgan fingerprint density at radius 1 is 1.32 bits per heavy atom. The molecule has 1 unspecified atom stereocenters. The van der Waals surface area contributed by atoms with Crippen molar-refractivity contribution in [3.8, 4) is 17.3 Å². The van der Waals surface area contributed by atoms with Crippen molar-refractivity contribution in [3.05, 3.63) is 40.7 Å². The SMILES string of the molecule is N#CC(C(=O)CSc1nnnn1C1CCCC1)c1nc(-c2ccccc2)cs1. The van der Waals surface area contributed by atoms with Crippen molar-refractivity contribution in [3.63, 3.8) is 0 Å². The Morgan fingerprint density at radius 3 is 2.86 bits per heavy atom. The van der Waals surface area contributed by atoms with Gasteiger partial charge in [-0.05, 0) is 23.3 Å². The number of hydrogen-bond acceptors (Lipinski definition) is 8. The molecule has 4 rings (SSSR count). The van der Waals surface area contributed by atoms with Gasteiger partial charge in [-0.1, -0.05) is 54.9 Å². The number of benzene rings is 1. The predicted molar refractivity (Wildman–Crippen MR) is 107 cm³/mol. The highest BCUT2D eigenvalue weighted by Gasteiger charge is 2.26. The van der Waals surface area contributed by atoms with Crippen molar-refractivity contribution in [2.75, 3.05) is 5.75 Å². The first kappa shape index (κ1) is 18.8.